The summed E-state index contributed by atoms with van der Waals surface area (Å²) in [6, 6.07) is 6.66. The fourth-order valence-electron chi connectivity index (χ4n) is 3.50. The van der Waals surface area contributed by atoms with Gasteiger partial charge in [0, 0.05) is 42.3 Å². The third kappa shape index (κ3) is 6.58. The van der Waals surface area contributed by atoms with E-state index in [2.05, 4.69) is 13.2 Å². The fraction of sp³-hybridized carbons (Fsp3) is 0.333. The monoisotopic (exact) mass is 483 g/mol. The van der Waals surface area contributed by atoms with Crippen molar-refractivity contribution in [1.29, 1.82) is 0 Å². The summed E-state index contributed by atoms with van der Waals surface area (Å²) in [5, 5.41) is 0.484. The highest BCUT2D eigenvalue weighted by atomic mass is 35.5. The van der Waals surface area contributed by atoms with Crippen molar-refractivity contribution in [2.24, 2.45) is 0 Å². The molecular formula is C24H25ClF3NO4. The maximum Gasteiger partial charge on any atom is 0.416 e. The molecule has 1 aromatic carbocycles. The van der Waals surface area contributed by atoms with Crippen molar-refractivity contribution in [1.82, 2.24) is 4.90 Å². The van der Waals surface area contributed by atoms with Crippen LogP contribution in [-0.2, 0) is 19.1 Å². The van der Waals surface area contributed by atoms with Crippen molar-refractivity contribution >= 4 is 23.5 Å². The van der Waals surface area contributed by atoms with Crippen molar-refractivity contribution in [2.45, 2.75) is 25.4 Å². The van der Waals surface area contributed by atoms with E-state index < -0.39 is 30.2 Å². The molecule has 0 saturated carbocycles. The number of hydrogen-bond donors (Lipinski definition) is 0. The number of rotatable bonds is 9. The first kappa shape index (κ1) is 26.4. The average molecular weight is 484 g/mol. The molecule has 0 bridgehead atoms. The Kier molecular flexibility index (Phi) is 9.07. The summed E-state index contributed by atoms with van der Waals surface area (Å²) in [5.41, 5.74) is -0.251. The van der Waals surface area contributed by atoms with Gasteiger partial charge in [-0.2, -0.15) is 13.2 Å². The molecule has 1 aliphatic heterocycles. The van der Waals surface area contributed by atoms with Crippen molar-refractivity contribution < 1.29 is 32.2 Å². The van der Waals surface area contributed by atoms with Crippen LogP contribution < -0.4 is 0 Å². The Balaban J connectivity index is 2.41. The van der Waals surface area contributed by atoms with E-state index in [0.717, 1.165) is 12.2 Å². The van der Waals surface area contributed by atoms with Crippen LogP contribution in [0.5, 0.6) is 0 Å². The summed E-state index contributed by atoms with van der Waals surface area (Å²) in [6.45, 7) is 7.86. The van der Waals surface area contributed by atoms with E-state index in [1.54, 1.807) is 31.2 Å². The fourth-order valence-corrected chi connectivity index (χ4v) is 3.62. The summed E-state index contributed by atoms with van der Waals surface area (Å²) in [4.78, 5) is 27.3. The summed E-state index contributed by atoms with van der Waals surface area (Å²) in [7, 11) is 1.49. The summed E-state index contributed by atoms with van der Waals surface area (Å²) in [6.07, 6.45) is -2.45. The molecule has 2 rings (SSSR count). The number of methoxy groups -OCH3 is 1. The number of halogens is 4. The number of amides is 1. The Labute approximate surface area is 195 Å². The number of carbonyl (C=O) groups is 2. The molecule has 1 aromatic rings. The first-order chi connectivity index (χ1) is 15.5. The molecule has 33 heavy (non-hydrogen) atoms. The molecular weight excluding hydrogens is 459 g/mol. The van der Waals surface area contributed by atoms with Gasteiger partial charge in [-0.05, 0) is 24.6 Å². The van der Waals surface area contributed by atoms with Gasteiger partial charge in [-0.25, -0.2) is 4.79 Å². The number of allylic oxidation sites excluding steroid dienone is 3. The van der Waals surface area contributed by atoms with Crippen LogP contribution in [0.3, 0.4) is 0 Å². The largest absolute Gasteiger partial charge is 0.457 e. The van der Waals surface area contributed by atoms with E-state index in [1.807, 2.05) is 0 Å². The van der Waals surface area contributed by atoms with Crippen molar-refractivity contribution in [3.05, 3.63) is 82.6 Å². The number of alkyl halides is 3. The molecule has 0 saturated heterocycles. The van der Waals surface area contributed by atoms with Gasteiger partial charge in [0.05, 0.1) is 17.8 Å². The molecule has 1 heterocycles. The minimum absolute atomic E-state index is 0.0161. The van der Waals surface area contributed by atoms with Gasteiger partial charge in [0.2, 0.25) is 5.91 Å². The molecule has 0 aliphatic carbocycles. The van der Waals surface area contributed by atoms with Crippen LogP contribution in [0, 0.1) is 0 Å². The number of nitrogens with zero attached hydrogens (tertiary/aromatic N) is 1. The van der Waals surface area contributed by atoms with Crippen LogP contribution in [0.25, 0.3) is 0 Å². The number of hydrogen-bond acceptors (Lipinski definition) is 4. The Morgan fingerprint density at radius 3 is 2.48 bits per heavy atom. The first-order valence-electron chi connectivity index (χ1n) is 10.0. The van der Waals surface area contributed by atoms with Crippen molar-refractivity contribution in [2.75, 3.05) is 26.9 Å². The Morgan fingerprint density at radius 2 is 1.94 bits per heavy atom. The number of ether oxygens (including phenoxy) is 2. The van der Waals surface area contributed by atoms with Crippen molar-refractivity contribution in [3.63, 3.8) is 0 Å². The van der Waals surface area contributed by atoms with Gasteiger partial charge in [-0.3, -0.25) is 4.79 Å². The van der Waals surface area contributed by atoms with Gasteiger partial charge in [0.1, 0.15) is 6.61 Å². The molecule has 0 radical (unpaired) electrons. The minimum Gasteiger partial charge on any atom is -0.457 e. The second kappa shape index (κ2) is 11.3. The molecule has 178 valence electrons. The zero-order valence-corrected chi connectivity index (χ0v) is 19.1. The Hall–Kier alpha value is -2.84. The SMILES string of the molecule is C=C/C=C(/COC(=O)C1=C(C)N(CCOC)C(=O)CC1c1ccc(Cl)cc1)C(=C)C(F)(F)F. The van der Waals surface area contributed by atoms with Crippen LogP contribution in [0.4, 0.5) is 13.2 Å². The zero-order valence-electron chi connectivity index (χ0n) is 18.4. The van der Waals surface area contributed by atoms with E-state index >= 15 is 0 Å². The molecule has 0 aromatic heterocycles. The van der Waals surface area contributed by atoms with Gasteiger partial charge in [0.25, 0.3) is 0 Å². The van der Waals surface area contributed by atoms with Crippen LogP contribution in [0.2, 0.25) is 5.02 Å². The third-order valence-corrected chi connectivity index (χ3v) is 5.49. The Morgan fingerprint density at radius 1 is 1.30 bits per heavy atom. The molecule has 9 heteroatoms. The van der Waals surface area contributed by atoms with Crippen LogP contribution in [0.15, 0.2) is 72.0 Å². The van der Waals surface area contributed by atoms with Gasteiger partial charge in [-0.1, -0.05) is 49.0 Å². The van der Waals surface area contributed by atoms with Gasteiger partial charge < -0.3 is 14.4 Å². The predicted molar refractivity (Wildman–Crippen MR) is 120 cm³/mol. The standard InChI is InChI=1S/C24H25ClF3NO4/c1-5-6-18(15(2)24(26,27)28)14-33-23(31)22-16(3)29(11-12-32-4)21(30)13-20(22)17-7-9-19(25)10-8-17/h5-10,20H,1-2,11-14H2,3-4H3/b18-6-. The van der Waals surface area contributed by atoms with Gasteiger partial charge in [-0.15, -0.1) is 0 Å². The van der Waals surface area contributed by atoms with Crippen molar-refractivity contribution in [3.8, 4) is 0 Å². The quantitative estimate of drug-likeness (QED) is 0.351. The number of benzene rings is 1. The highest BCUT2D eigenvalue weighted by Gasteiger charge is 2.38. The second-order valence-electron chi connectivity index (χ2n) is 7.33. The highest BCUT2D eigenvalue weighted by Crippen LogP contribution is 2.38. The van der Waals surface area contributed by atoms with E-state index in [0.29, 0.717) is 16.3 Å². The molecule has 1 unspecified atom stereocenters. The van der Waals surface area contributed by atoms with Gasteiger partial charge in [0.15, 0.2) is 0 Å². The highest BCUT2D eigenvalue weighted by molar-refractivity contribution is 6.30. The minimum atomic E-state index is -4.68. The molecule has 1 amide bonds. The summed E-state index contributed by atoms with van der Waals surface area (Å²) in [5.74, 6) is -1.68. The van der Waals surface area contributed by atoms with E-state index in [1.165, 1.54) is 12.0 Å². The number of carbonyl (C=O) groups excluding carboxylic acids is 2. The molecule has 0 fully saturated rings. The third-order valence-electron chi connectivity index (χ3n) is 5.24. The smallest absolute Gasteiger partial charge is 0.416 e. The predicted octanol–water partition coefficient (Wildman–Crippen LogP) is 5.35. The first-order valence-corrected chi connectivity index (χ1v) is 10.4. The summed E-state index contributed by atoms with van der Waals surface area (Å²) >= 11 is 5.96. The van der Waals surface area contributed by atoms with Gasteiger partial charge >= 0.3 is 12.1 Å². The lowest BCUT2D eigenvalue weighted by atomic mass is 9.83. The Bertz CT molecular complexity index is 980. The van der Waals surface area contributed by atoms with E-state index in [4.69, 9.17) is 21.1 Å². The second-order valence-corrected chi connectivity index (χ2v) is 7.76. The molecule has 5 nitrogen and oxygen atoms in total. The molecule has 1 atom stereocenters. The molecule has 1 aliphatic rings. The lowest BCUT2D eigenvalue weighted by Crippen LogP contribution is -2.40. The molecule has 0 N–H and O–H groups in total. The normalized spacial score (nSPS) is 17.3. The van der Waals surface area contributed by atoms with Crippen LogP contribution in [-0.4, -0.2) is 49.8 Å². The molecule has 0 spiro atoms. The lowest BCUT2D eigenvalue weighted by molar-refractivity contribution is -0.140. The topological polar surface area (TPSA) is 55.8 Å². The number of esters is 1. The maximum absolute atomic E-state index is 13.1. The van der Waals surface area contributed by atoms with E-state index in [-0.39, 0.29) is 36.6 Å². The summed E-state index contributed by atoms with van der Waals surface area (Å²) < 4.78 is 49.6. The van der Waals surface area contributed by atoms with Crippen LogP contribution >= 0.6 is 11.6 Å². The zero-order chi connectivity index (χ0) is 24.8. The van der Waals surface area contributed by atoms with E-state index in [9.17, 15) is 22.8 Å². The average Bonchev–Trinajstić information content (AvgIpc) is 2.75. The maximum atomic E-state index is 13.1. The lowest BCUT2D eigenvalue weighted by Gasteiger charge is -2.34. The van der Waals surface area contributed by atoms with Crippen LogP contribution in [0.1, 0.15) is 24.8 Å².